The van der Waals surface area contributed by atoms with Crippen LogP contribution in [0.5, 0.6) is 5.75 Å². The van der Waals surface area contributed by atoms with Gasteiger partial charge < -0.3 is 16.6 Å². The fourth-order valence-corrected chi connectivity index (χ4v) is 1.54. The molecule has 0 atom stereocenters. The molecule has 0 heterocycles. The van der Waals surface area contributed by atoms with E-state index in [1.165, 1.54) is 6.21 Å². The SMILES string of the molecule is CC(C)(C)c1cc(Cl)c(O)c(/C=N/N=C(N)N)c1. The van der Waals surface area contributed by atoms with E-state index >= 15 is 0 Å². The van der Waals surface area contributed by atoms with E-state index in [2.05, 4.69) is 10.2 Å². The molecule has 5 N–H and O–H groups in total. The molecule has 0 saturated carbocycles. The summed E-state index contributed by atoms with van der Waals surface area (Å²) >= 11 is 5.97. The molecule has 5 nitrogen and oxygen atoms in total. The molecule has 0 bridgehead atoms. The molecule has 0 saturated heterocycles. The molecule has 98 valence electrons. The zero-order valence-corrected chi connectivity index (χ0v) is 11.4. The normalized spacial score (nSPS) is 11.8. The van der Waals surface area contributed by atoms with Crippen molar-refractivity contribution in [3.8, 4) is 5.75 Å². The van der Waals surface area contributed by atoms with Crippen molar-refractivity contribution in [2.24, 2.45) is 21.7 Å². The zero-order chi connectivity index (χ0) is 13.9. The predicted octanol–water partition coefficient (Wildman–Crippen LogP) is 1.95. The number of hydrogen-bond acceptors (Lipinski definition) is 3. The number of phenolic OH excluding ortho intramolecular Hbond substituents is 1. The van der Waals surface area contributed by atoms with Gasteiger partial charge in [0, 0.05) is 5.56 Å². The van der Waals surface area contributed by atoms with Crippen molar-refractivity contribution in [2.45, 2.75) is 26.2 Å². The molecule has 1 aromatic carbocycles. The van der Waals surface area contributed by atoms with E-state index in [0.717, 1.165) is 5.56 Å². The van der Waals surface area contributed by atoms with Gasteiger partial charge >= 0.3 is 0 Å². The Hall–Kier alpha value is -1.75. The van der Waals surface area contributed by atoms with Gasteiger partial charge in [-0.05, 0) is 23.1 Å². The first-order valence-corrected chi connectivity index (χ1v) is 5.74. The number of hydrogen-bond donors (Lipinski definition) is 3. The second-order valence-corrected chi connectivity index (χ2v) is 5.32. The number of aromatic hydroxyl groups is 1. The fraction of sp³-hybridized carbons (Fsp3) is 0.333. The van der Waals surface area contributed by atoms with Crippen molar-refractivity contribution in [2.75, 3.05) is 0 Å². The molecular formula is C12H17ClN4O. The number of halogens is 1. The highest BCUT2D eigenvalue weighted by molar-refractivity contribution is 6.32. The highest BCUT2D eigenvalue weighted by Gasteiger charge is 2.17. The molecule has 0 fully saturated rings. The van der Waals surface area contributed by atoms with E-state index in [0.29, 0.717) is 5.56 Å². The maximum absolute atomic E-state index is 9.82. The molecule has 0 radical (unpaired) electrons. The van der Waals surface area contributed by atoms with Crippen LogP contribution in [-0.4, -0.2) is 17.3 Å². The van der Waals surface area contributed by atoms with Crippen molar-refractivity contribution < 1.29 is 5.11 Å². The van der Waals surface area contributed by atoms with Crippen molar-refractivity contribution in [3.05, 3.63) is 28.3 Å². The second-order valence-electron chi connectivity index (χ2n) is 4.92. The standard InChI is InChI=1S/C12H17ClN4O/c1-12(2,3)8-4-7(6-16-17-11(14)15)10(18)9(13)5-8/h4-6,18H,1-3H3,(H4,14,15,17)/b16-6+. The average molecular weight is 269 g/mol. The van der Waals surface area contributed by atoms with E-state index in [1.807, 2.05) is 20.8 Å². The number of rotatable bonds is 2. The van der Waals surface area contributed by atoms with Gasteiger partial charge in [-0.25, -0.2) is 0 Å². The quantitative estimate of drug-likeness (QED) is 0.434. The monoisotopic (exact) mass is 268 g/mol. The van der Waals surface area contributed by atoms with Crippen LogP contribution in [0.2, 0.25) is 5.02 Å². The molecule has 18 heavy (non-hydrogen) atoms. The summed E-state index contributed by atoms with van der Waals surface area (Å²) in [5, 5.41) is 17.2. The summed E-state index contributed by atoms with van der Waals surface area (Å²) in [6.45, 7) is 6.14. The van der Waals surface area contributed by atoms with Crippen LogP contribution in [0.1, 0.15) is 31.9 Å². The lowest BCUT2D eigenvalue weighted by Gasteiger charge is -2.20. The summed E-state index contributed by atoms with van der Waals surface area (Å²) in [5.74, 6) is -0.192. The first-order valence-electron chi connectivity index (χ1n) is 5.37. The van der Waals surface area contributed by atoms with E-state index in [9.17, 15) is 5.11 Å². The Morgan fingerprint density at radius 2 is 1.94 bits per heavy atom. The maximum Gasteiger partial charge on any atom is 0.211 e. The van der Waals surface area contributed by atoms with Crippen LogP contribution < -0.4 is 11.5 Å². The van der Waals surface area contributed by atoms with E-state index in [1.54, 1.807) is 12.1 Å². The third-order valence-corrected chi connectivity index (χ3v) is 2.62. The Labute approximate surface area is 111 Å². The first-order chi connectivity index (χ1) is 8.21. The van der Waals surface area contributed by atoms with Gasteiger partial charge in [0.1, 0.15) is 5.75 Å². The molecule has 1 rings (SSSR count). The van der Waals surface area contributed by atoms with Crippen LogP contribution in [0.15, 0.2) is 22.3 Å². The molecular weight excluding hydrogens is 252 g/mol. The van der Waals surface area contributed by atoms with Crippen LogP contribution in [0.25, 0.3) is 0 Å². The summed E-state index contributed by atoms with van der Waals surface area (Å²) in [7, 11) is 0. The number of nitrogens with two attached hydrogens (primary N) is 2. The molecule has 1 aromatic rings. The van der Waals surface area contributed by atoms with Crippen LogP contribution in [0, 0.1) is 0 Å². The van der Waals surface area contributed by atoms with Gasteiger partial charge in [-0.3, -0.25) is 0 Å². The van der Waals surface area contributed by atoms with Crippen LogP contribution >= 0.6 is 11.6 Å². The van der Waals surface area contributed by atoms with Crippen LogP contribution in [0.4, 0.5) is 0 Å². The minimum Gasteiger partial charge on any atom is -0.506 e. The highest BCUT2D eigenvalue weighted by atomic mass is 35.5. The third kappa shape index (κ3) is 3.63. The molecule has 0 aliphatic rings. The molecule has 0 aliphatic heterocycles. The summed E-state index contributed by atoms with van der Waals surface area (Å²) in [6.07, 6.45) is 1.36. The maximum atomic E-state index is 9.82. The minimum absolute atomic E-state index is 0.0424. The van der Waals surface area contributed by atoms with Crippen LogP contribution in [-0.2, 0) is 5.41 Å². The minimum atomic E-state index is -0.149. The van der Waals surface area contributed by atoms with E-state index in [4.69, 9.17) is 23.1 Å². The Balaban J connectivity index is 3.23. The van der Waals surface area contributed by atoms with Crippen molar-refractivity contribution in [1.82, 2.24) is 0 Å². The Morgan fingerprint density at radius 3 is 2.44 bits per heavy atom. The largest absolute Gasteiger partial charge is 0.506 e. The Morgan fingerprint density at radius 1 is 1.33 bits per heavy atom. The zero-order valence-electron chi connectivity index (χ0n) is 10.6. The average Bonchev–Trinajstić information content (AvgIpc) is 2.22. The van der Waals surface area contributed by atoms with Gasteiger partial charge in [0.2, 0.25) is 5.96 Å². The fourth-order valence-electron chi connectivity index (χ4n) is 1.31. The van der Waals surface area contributed by atoms with E-state index in [-0.39, 0.29) is 22.1 Å². The van der Waals surface area contributed by atoms with Gasteiger partial charge in [0.05, 0.1) is 11.2 Å². The molecule has 0 unspecified atom stereocenters. The van der Waals surface area contributed by atoms with Gasteiger partial charge in [0.25, 0.3) is 0 Å². The van der Waals surface area contributed by atoms with Gasteiger partial charge in [0.15, 0.2) is 0 Å². The first kappa shape index (κ1) is 14.3. The Kier molecular flexibility index (Phi) is 4.19. The lowest BCUT2D eigenvalue weighted by molar-refractivity contribution is 0.473. The Bertz CT molecular complexity index is 500. The lowest BCUT2D eigenvalue weighted by Crippen LogP contribution is -2.21. The number of guanidine groups is 1. The molecule has 0 aromatic heterocycles. The summed E-state index contributed by atoms with van der Waals surface area (Å²) in [4.78, 5) is 0. The molecule has 0 aliphatic carbocycles. The highest BCUT2D eigenvalue weighted by Crippen LogP contribution is 2.33. The van der Waals surface area contributed by atoms with Crippen molar-refractivity contribution in [3.63, 3.8) is 0 Å². The predicted molar refractivity (Wildman–Crippen MR) is 75.2 cm³/mol. The summed E-state index contributed by atoms with van der Waals surface area (Å²) in [6, 6.07) is 3.53. The third-order valence-electron chi connectivity index (χ3n) is 2.33. The summed E-state index contributed by atoms with van der Waals surface area (Å²) in [5.41, 5.74) is 11.7. The topological polar surface area (TPSA) is 97.0 Å². The molecule has 6 heteroatoms. The van der Waals surface area contributed by atoms with Crippen molar-refractivity contribution in [1.29, 1.82) is 0 Å². The van der Waals surface area contributed by atoms with Crippen molar-refractivity contribution >= 4 is 23.8 Å². The number of phenols is 1. The number of nitrogens with zero attached hydrogens (tertiary/aromatic N) is 2. The molecule has 0 amide bonds. The summed E-state index contributed by atoms with van der Waals surface area (Å²) < 4.78 is 0. The van der Waals surface area contributed by atoms with E-state index < -0.39 is 0 Å². The smallest absolute Gasteiger partial charge is 0.211 e. The lowest BCUT2D eigenvalue weighted by atomic mass is 9.86. The molecule has 0 spiro atoms. The van der Waals surface area contributed by atoms with Crippen LogP contribution in [0.3, 0.4) is 0 Å². The van der Waals surface area contributed by atoms with Gasteiger partial charge in [-0.15, -0.1) is 5.10 Å². The van der Waals surface area contributed by atoms with Gasteiger partial charge in [-0.2, -0.15) is 5.10 Å². The van der Waals surface area contributed by atoms with Gasteiger partial charge in [-0.1, -0.05) is 32.4 Å². The second kappa shape index (κ2) is 5.27. The number of benzene rings is 1.